The van der Waals surface area contributed by atoms with Crippen molar-refractivity contribution in [2.75, 3.05) is 21.1 Å². The van der Waals surface area contributed by atoms with E-state index in [1.54, 1.807) is 0 Å². The Morgan fingerprint density at radius 3 is 0.514 bits per heavy atom. The standard InChI is InChI=1S/3C8H18.3CH5N.H3O4P/c3*1-3-5-7-8-6-4-2;3*1-2;1-5(2,3)4/h3*3-8H2,1-2H3;3*2H2,1H3;(H3,1,2,3,4). The van der Waals surface area contributed by atoms with Crippen molar-refractivity contribution in [1.82, 2.24) is 0 Å². The highest BCUT2D eigenvalue weighted by molar-refractivity contribution is 7.45. The quantitative estimate of drug-likeness (QED) is 0.0922. The Balaban J connectivity index is -0.0000000561. The van der Waals surface area contributed by atoms with E-state index in [1.807, 2.05) is 0 Å². The first-order valence-electron chi connectivity index (χ1n) is 14.3. The van der Waals surface area contributed by atoms with Crippen LogP contribution in [0.25, 0.3) is 0 Å². The molecule has 0 atom stereocenters. The van der Waals surface area contributed by atoms with Gasteiger partial charge < -0.3 is 31.9 Å². The zero-order valence-electron chi connectivity index (χ0n) is 25.7. The van der Waals surface area contributed by atoms with Gasteiger partial charge in [0.2, 0.25) is 0 Å². The maximum atomic E-state index is 8.88. The number of nitrogens with two attached hydrogens (primary N) is 3. The van der Waals surface area contributed by atoms with E-state index in [2.05, 4.69) is 58.7 Å². The van der Waals surface area contributed by atoms with Crippen LogP contribution in [0.3, 0.4) is 0 Å². The van der Waals surface area contributed by atoms with Gasteiger partial charge in [-0.2, -0.15) is 0 Å². The van der Waals surface area contributed by atoms with Crippen molar-refractivity contribution >= 4 is 7.82 Å². The monoisotopic (exact) mass is 534 g/mol. The van der Waals surface area contributed by atoms with E-state index in [0.717, 1.165) is 0 Å². The maximum Gasteiger partial charge on any atom is 0.466 e. The van der Waals surface area contributed by atoms with Gasteiger partial charge in [0.05, 0.1) is 0 Å². The third kappa shape index (κ3) is 155. The second kappa shape index (κ2) is 64.3. The molecule has 0 aromatic rings. The molecule has 0 aromatic heterocycles. The summed E-state index contributed by atoms with van der Waals surface area (Å²) in [6.07, 6.45) is 25.5. The van der Waals surface area contributed by atoms with E-state index in [9.17, 15) is 0 Å². The van der Waals surface area contributed by atoms with E-state index in [0.29, 0.717) is 0 Å². The first-order valence-corrected chi connectivity index (χ1v) is 15.8. The van der Waals surface area contributed by atoms with Crippen LogP contribution >= 0.6 is 7.82 Å². The highest BCUT2D eigenvalue weighted by Gasteiger charge is 2.00. The van der Waals surface area contributed by atoms with Crippen molar-refractivity contribution in [3.63, 3.8) is 0 Å². The fraction of sp³-hybridized carbons (Fsp3) is 1.00. The summed E-state index contributed by atoms with van der Waals surface area (Å²) in [5.41, 5.74) is 13.5. The van der Waals surface area contributed by atoms with Crippen molar-refractivity contribution in [2.24, 2.45) is 17.2 Å². The average Bonchev–Trinajstić information content (AvgIpc) is 2.86. The summed E-state index contributed by atoms with van der Waals surface area (Å²) in [6.45, 7) is 13.5. The second-order valence-electron chi connectivity index (χ2n) is 7.76. The molecule has 35 heavy (non-hydrogen) atoms. The van der Waals surface area contributed by atoms with Gasteiger partial charge in [0.15, 0.2) is 0 Å². The normalized spacial score (nSPS) is 8.89. The molecule has 224 valence electrons. The summed E-state index contributed by atoms with van der Waals surface area (Å²) in [4.78, 5) is 21.6. The van der Waals surface area contributed by atoms with Gasteiger partial charge in [-0.1, -0.05) is 157 Å². The Labute approximate surface area is 222 Å². The van der Waals surface area contributed by atoms with Crippen molar-refractivity contribution in [2.45, 2.75) is 157 Å². The van der Waals surface area contributed by atoms with Crippen LogP contribution in [0.15, 0.2) is 0 Å². The lowest BCUT2D eigenvalue weighted by molar-refractivity contribution is 0.275. The molecule has 0 rings (SSSR count). The van der Waals surface area contributed by atoms with Gasteiger partial charge in [-0.15, -0.1) is 0 Å². The molecule has 0 aromatic carbocycles. The summed E-state index contributed by atoms with van der Waals surface area (Å²) in [6, 6.07) is 0. The van der Waals surface area contributed by atoms with Crippen LogP contribution in [0.1, 0.15) is 157 Å². The predicted molar refractivity (Wildman–Crippen MR) is 162 cm³/mol. The molecule has 0 radical (unpaired) electrons. The lowest BCUT2D eigenvalue weighted by Gasteiger charge is -1.93. The van der Waals surface area contributed by atoms with E-state index in [-0.39, 0.29) is 0 Å². The SMILES string of the molecule is CCCCCCCC.CCCCCCCC.CCCCCCCC.CN.CN.CN.O=P(O)(O)O. The highest BCUT2D eigenvalue weighted by atomic mass is 31.2. The molecule has 0 amide bonds. The van der Waals surface area contributed by atoms with E-state index < -0.39 is 7.82 Å². The minimum Gasteiger partial charge on any atom is -0.333 e. The second-order valence-corrected chi connectivity index (χ2v) is 8.78. The van der Waals surface area contributed by atoms with Gasteiger partial charge in [-0.05, 0) is 21.1 Å². The number of rotatable bonds is 15. The largest absolute Gasteiger partial charge is 0.466 e. The summed E-state index contributed by atoms with van der Waals surface area (Å²) >= 11 is 0. The number of unbranched alkanes of at least 4 members (excludes halogenated alkanes) is 15. The molecule has 0 unspecified atom stereocenters. The molecule has 8 heteroatoms. The topological polar surface area (TPSA) is 156 Å². The van der Waals surface area contributed by atoms with Crippen LogP contribution in [0.5, 0.6) is 0 Å². The Morgan fingerprint density at radius 2 is 0.457 bits per heavy atom. The van der Waals surface area contributed by atoms with Gasteiger partial charge in [-0.25, -0.2) is 4.57 Å². The fourth-order valence-electron chi connectivity index (χ4n) is 2.56. The smallest absolute Gasteiger partial charge is 0.333 e. The minimum atomic E-state index is -4.64. The van der Waals surface area contributed by atoms with Gasteiger partial charge in [0.1, 0.15) is 0 Å². The molecule has 7 nitrogen and oxygen atoms in total. The lowest BCUT2D eigenvalue weighted by atomic mass is 10.1. The number of phosphoric acid groups is 1. The van der Waals surface area contributed by atoms with Gasteiger partial charge in [-0.3, -0.25) is 0 Å². The number of hydrogen-bond donors (Lipinski definition) is 6. The molecule has 9 N–H and O–H groups in total. The molecule has 0 spiro atoms. The molecule has 0 saturated heterocycles. The molecule has 0 bridgehead atoms. The Hall–Kier alpha value is -0.0100. The average molecular weight is 534 g/mol. The zero-order valence-corrected chi connectivity index (χ0v) is 26.6. The minimum absolute atomic E-state index is 1.36. The Bertz CT molecular complexity index is 241. The van der Waals surface area contributed by atoms with Crippen LogP contribution in [0.2, 0.25) is 0 Å². The fourth-order valence-corrected chi connectivity index (χ4v) is 2.56. The summed E-state index contributed by atoms with van der Waals surface area (Å²) in [5.74, 6) is 0. The van der Waals surface area contributed by atoms with Crippen molar-refractivity contribution in [1.29, 1.82) is 0 Å². The van der Waals surface area contributed by atoms with Crippen LogP contribution in [-0.2, 0) is 4.57 Å². The predicted octanol–water partition coefficient (Wildman–Crippen LogP) is 7.90. The maximum absolute atomic E-state index is 8.88. The molecule has 0 aliphatic heterocycles. The van der Waals surface area contributed by atoms with Gasteiger partial charge >= 0.3 is 7.82 Å². The van der Waals surface area contributed by atoms with E-state index in [4.69, 9.17) is 19.2 Å². The van der Waals surface area contributed by atoms with Crippen molar-refractivity contribution < 1.29 is 19.2 Å². The van der Waals surface area contributed by atoms with Gasteiger partial charge in [0, 0.05) is 0 Å². The summed E-state index contributed by atoms with van der Waals surface area (Å²) in [5, 5.41) is 0. The first-order chi connectivity index (χ1) is 16.7. The molecular formula is C27H72N3O4P. The van der Waals surface area contributed by atoms with E-state index in [1.165, 1.54) is 137 Å². The first kappa shape index (κ1) is 51.6. The Morgan fingerprint density at radius 1 is 0.371 bits per heavy atom. The molecular weight excluding hydrogens is 461 g/mol. The van der Waals surface area contributed by atoms with Crippen molar-refractivity contribution in [3.8, 4) is 0 Å². The number of hydrogen-bond acceptors (Lipinski definition) is 4. The third-order valence-electron chi connectivity index (χ3n) is 4.37. The van der Waals surface area contributed by atoms with Crippen molar-refractivity contribution in [3.05, 3.63) is 0 Å². The summed E-state index contributed by atoms with van der Waals surface area (Å²) < 4.78 is 8.88. The Kier molecular flexibility index (Phi) is 94.8. The highest BCUT2D eigenvalue weighted by Crippen LogP contribution is 2.25. The van der Waals surface area contributed by atoms with Gasteiger partial charge in [0.25, 0.3) is 0 Å². The molecule has 0 aliphatic carbocycles. The molecule has 0 saturated carbocycles. The molecule has 0 fully saturated rings. The zero-order chi connectivity index (χ0) is 29.2. The lowest BCUT2D eigenvalue weighted by Crippen LogP contribution is -1.73. The van der Waals surface area contributed by atoms with Crippen LogP contribution in [0.4, 0.5) is 0 Å². The molecule has 0 heterocycles. The third-order valence-corrected chi connectivity index (χ3v) is 4.37. The van der Waals surface area contributed by atoms with Crippen LogP contribution < -0.4 is 17.2 Å². The summed E-state index contributed by atoms with van der Waals surface area (Å²) in [7, 11) is -0.139. The van der Waals surface area contributed by atoms with E-state index >= 15 is 0 Å². The molecule has 0 aliphatic rings. The van der Waals surface area contributed by atoms with Crippen LogP contribution in [0, 0.1) is 0 Å². The van der Waals surface area contributed by atoms with Crippen LogP contribution in [-0.4, -0.2) is 35.8 Å².